The number of hydrogen-bond acceptors (Lipinski definition) is 5. The highest BCUT2D eigenvalue weighted by Crippen LogP contribution is 2.33. The number of hydrogen-bond donors (Lipinski definition) is 1. The summed E-state index contributed by atoms with van der Waals surface area (Å²) in [5, 5.41) is 11.8. The van der Waals surface area contributed by atoms with Crippen molar-refractivity contribution in [2.45, 2.75) is 51.6 Å². The van der Waals surface area contributed by atoms with Gasteiger partial charge in [0.15, 0.2) is 5.01 Å². The summed E-state index contributed by atoms with van der Waals surface area (Å²) in [7, 11) is 0. The van der Waals surface area contributed by atoms with Crippen molar-refractivity contribution in [1.29, 1.82) is 0 Å². The second-order valence-electron chi connectivity index (χ2n) is 5.87. The second-order valence-corrected chi connectivity index (χ2v) is 6.94. The molecule has 0 saturated heterocycles. The standard InChI is InChI=1S/C17H21N3O2S/c1-12(21)18-17-20-19-16(23-17)11-22-15-9-7-14(8-10-15)13-5-3-2-4-6-13/h7-10,13H,2-6,11H2,1H3,(H,18,20,21). The SMILES string of the molecule is CC(=O)Nc1nnc(COc2ccc(C3CCCCC3)cc2)s1. The Morgan fingerprint density at radius 3 is 2.65 bits per heavy atom. The van der Waals surface area contributed by atoms with E-state index >= 15 is 0 Å². The van der Waals surface area contributed by atoms with Gasteiger partial charge in [-0.05, 0) is 36.5 Å². The van der Waals surface area contributed by atoms with Gasteiger partial charge in [0.2, 0.25) is 11.0 Å². The summed E-state index contributed by atoms with van der Waals surface area (Å²) in [6.45, 7) is 1.81. The fourth-order valence-electron chi connectivity index (χ4n) is 2.93. The van der Waals surface area contributed by atoms with Crippen LogP contribution in [0.25, 0.3) is 0 Å². The molecule has 0 atom stereocenters. The minimum Gasteiger partial charge on any atom is -0.486 e. The summed E-state index contributed by atoms with van der Waals surface area (Å²) in [6.07, 6.45) is 6.67. The Labute approximate surface area is 140 Å². The molecule has 1 N–H and O–H groups in total. The van der Waals surface area contributed by atoms with Crippen LogP contribution in [0, 0.1) is 0 Å². The van der Waals surface area contributed by atoms with Crippen molar-refractivity contribution in [3.8, 4) is 5.75 Å². The average molecular weight is 331 g/mol. The van der Waals surface area contributed by atoms with E-state index in [0.717, 1.165) is 10.8 Å². The zero-order valence-electron chi connectivity index (χ0n) is 13.2. The highest BCUT2D eigenvalue weighted by Gasteiger charge is 2.15. The molecule has 5 nitrogen and oxygen atoms in total. The number of anilines is 1. The third-order valence-electron chi connectivity index (χ3n) is 4.07. The monoisotopic (exact) mass is 331 g/mol. The predicted molar refractivity (Wildman–Crippen MR) is 90.8 cm³/mol. The van der Waals surface area contributed by atoms with Crippen molar-refractivity contribution < 1.29 is 9.53 Å². The van der Waals surface area contributed by atoms with Gasteiger partial charge >= 0.3 is 0 Å². The van der Waals surface area contributed by atoms with Gasteiger partial charge in [-0.25, -0.2) is 0 Å². The molecule has 2 aromatic rings. The summed E-state index contributed by atoms with van der Waals surface area (Å²) in [5.41, 5.74) is 1.42. The molecule has 1 aromatic carbocycles. The lowest BCUT2D eigenvalue weighted by molar-refractivity contribution is -0.114. The number of nitrogens with zero attached hydrogens (tertiary/aromatic N) is 2. The Kier molecular flexibility index (Phi) is 5.23. The van der Waals surface area contributed by atoms with Crippen LogP contribution in [0.1, 0.15) is 55.5 Å². The molecule has 1 heterocycles. The molecule has 3 rings (SSSR count). The van der Waals surface area contributed by atoms with Gasteiger partial charge in [0, 0.05) is 6.92 Å². The van der Waals surface area contributed by atoms with Crippen LogP contribution in [0.15, 0.2) is 24.3 Å². The normalized spacial score (nSPS) is 15.3. The number of amides is 1. The Balaban J connectivity index is 1.54. The van der Waals surface area contributed by atoms with Gasteiger partial charge in [0.1, 0.15) is 12.4 Å². The van der Waals surface area contributed by atoms with Crippen molar-refractivity contribution in [2.75, 3.05) is 5.32 Å². The van der Waals surface area contributed by atoms with Crippen molar-refractivity contribution in [1.82, 2.24) is 10.2 Å². The molecular weight excluding hydrogens is 310 g/mol. The quantitative estimate of drug-likeness (QED) is 0.895. The number of rotatable bonds is 5. The van der Waals surface area contributed by atoms with Crippen molar-refractivity contribution in [2.24, 2.45) is 0 Å². The number of nitrogens with one attached hydrogen (secondary N) is 1. The molecule has 122 valence electrons. The molecule has 0 aliphatic heterocycles. The summed E-state index contributed by atoms with van der Waals surface area (Å²) >= 11 is 1.33. The van der Waals surface area contributed by atoms with Gasteiger partial charge in [-0.15, -0.1) is 10.2 Å². The Morgan fingerprint density at radius 1 is 1.22 bits per heavy atom. The summed E-state index contributed by atoms with van der Waals surface area (Å²) in [6, 6.07) is 8.40. The van der Waals surface area contributed by atoms with Gasteiger partial charge in [-0.1, -0.05) is 42.7 Å². The smallest absolute Gasteiger partial charge is 0.223 e. The van der Waals surface area contributed by atoms with Gasteiger partial charge in [-0.2, -0.15) is 0 Å². The molecule has 1 fully saturated rings. The summed E-state index contributed by atoms with van der Waals surface area (Å²) in [5.74, 6) is 1.40. The maximum absolute atomic E-state index is 11.0. The van der Waals surface area contributed by atoms with Crippen LogP contribution in [0.3, 0.4) is 0 Å². The maximum Gasteiger partial charge on any atom is 0.223 e. The highest BCUT2D eigenvalue weighted by molar-refractivity contribution is 7.15. The number of ether oxygens (including phenoxy) is 1. The molecule has 0 spiro atoms. The van der Waals surface area contributed by atoms with Gasteiger partial charge < -0.3 is 10.1 Å². The number of carbonyl (C=O) groups is 1. The average Bonchev–Trinajstić information content (AvgIpc) is 3.01. The van der Waals surface area contributed by atoms with Crippen LogP contribution in [0.5, 0.6) is 5.75 Å². The van der Waals surface area contributed by atoms with Crippen molar-refractivity contribution >= 4 is 22.4 Å². The highest BCUT2D eigenvalue weighted by atomic mass is 32.1. The first-order chi connectivity index (χ1) is 11.2. The van der Waals surface area contributed by atoms with Crippen LogP contribution < -0.4 is 10.1 Å². The van der Waals surface area contributed by atoms with Crippen LogP contribution in [0.2, 0.25) is 0 Å². The lowest BCUT2D eigenvalue weighted by Gasteiger charge is -2.22. The van der Waals surface area contributed by atoms with E-state index in [9.17, 15) is 4.79 Å². The van der Waals surface area contributed by atoms with E-state index in [0.29, 0.717) is 17.7 Å². The van der Waals surface area contributed by atoms with Crippen LogP contribution in [0.4, 0.5) is 5.13 Å². The summed E-state index contributed by atoms with van der Waals surface area (Å²) < 4.78 is 5.75. The van der Waals surface area contributed by atoms with E-state index in [4.69, 9.17) is 4.74 Å². The van der Waals surface area contributed by atoms with Gasteiger partial charge in [0.05, 0.1) is 0 Å². The third-order valence-corrected chi connectivity index (χ3v) is 4.88. The van der Waals surface area contributed by atoms with Crippen molar-refractivity contribution in [3.05, 3.63) is 34.8 Å². The van der Waals surface area contributed by atoms with Crippen molar-refractivity contribution in [3.63, 3.8) is 0 Å². The lowest BCUT2D eigenvalue weighted by Crippen LogP contribution is -2.04. The first-order valence-electron chi connectivity index (χ1n) is 8.03. The Morgan fingerprint density at radius 2 is 1.96 bits per heavy atom. The summed E-state index contributed by atoms with van der Waals surface area (Å²) in [4.78, 5) is 11.0. The Bertz CT molecular complexity index is 648. The predicted octanol–water partition coefficient (Wildman–Crippen LogP) is 4.12. The topological polar surface area (TPSA) is 64.1 Å². The molecule has 1 aliphatic rings. The van der Waals surface area contributed by atoms with Crippen LogP contribution in [-0.2, 0) is 11.4 Å². The van der Waals surface area contributed by atoms with Gasteiger partial charge in [0.25, 0.3) is 0 Å². The molecule has 0 bridgehead atoms. The second kappa shape index (κ2) is 7.55. The van der Waals surface area contributed by atoms with E-state index in [1.54, 1.807) is 0 Å². The van der Waals surface area contributed by atoms with E-state index in [1.807, 2.05) is 12.1 Å². The van der Waals surface area contributed by atoms with Crippen LogP contribution in [-0.4, -0.2) is 16.1 Å². The lowest BCUT2D eigenvalue weighted by atomic mass is 9.84. The molecule has 6 heteroatoms. The Hall–Kier alpha value is -1.95. The number of benzene rings is 1. The van der Waals surface area contributed by atoms with E-state index in [2.05, 4.69) is 27.6 Å². The molecule has 0 radical (unpaired) electrons. The molecule has 0 unspecified atom stereocenters. The molecule has 1 aromatic heterocycles. The molecular formula is C17H21N3O2S. The largest absolute Gasteiger partial charge is 0.486 e. The van der Waals surface area contributed by atoms with E-state index in [1.165, 1.54) is 55.9 Å². The molecule has 1 amide bonds. The number of carbonyl (C=O) groups excluding carboxylic acids is 1. The molecule has 23 heavy (non-hydrogen) atoms. The molecule has 1 saturated carbocycles. The fourth-order valence-corrected chi connectivity index (χ4v) is 3.63. The van der Waals surface area contributed by atoms with Crippen LogP contribution >= 0.6 is 11.3 Å². The maximum atomic E-state index is 11.0. The molecule has 1 aliphatic carbocycles. The fraction of sp³-hybridized carbons (Fsp3) is 0.471. The number of aromatic nitrogens is 2. The first-order valence-corrected chi connectivity index (χ1v) is 8.85. The third kappa shape index (κ3) is 4.51. The minimum absolute atomic E-state index is 0.146. The zero-order chi connectivity index (χ0) is 16.1. The van der Waals surface area contributed by atoms with E-state index < -0.39 is 0 Å². The minimum atomic E-state index is -0.146. The zero-order valence-corrected chi connectivity index (χ0v) is 14.1. The first kappa shape index (κ1) is 15.9. The van der Waals surface area contributed by atoms with E-state index in [-0.39, 0.29) is 5.91 Å². The van der Waals surface area contributed by atoms with Gasteiger partial charge in [-0.3, -0.25) is 4.79 Å².